The highest BCUT2D eigenvalue weighted by atomic mass is 16.2. The highest BCUT2D eigenvalue weighted by Crippen LogP contribution is 1.95. The van der Waals surface area contributed by atoms with Gasteiger partial charge in [-0.3, -0.25) is 14.6 Å². The van der Waals surface area contributed by atoms with Crippen LogP contribution in [0.5, 0.6) is 0 Å². The van der Waals surface area contributed by atoms with Gasteiger partial charge in [-0.15, -0.1) is 0 Å². The Kier molecular flexibility index (Phi) is 6.69. The molecule has 0 unspecified atom stereocenters. The second kappa shape index (κ2) is 7.60. The average Bonchev–Trinajstić information content (AvgIpc) is 2.13. The molecule has 0 fully saturated rings. The Bertz CT molecular complexity index is 247. The standard InChI is InChI=1S/C8H17N5O2/c9-6(14)5-13-7(15)3-1-2-4-12-8(10)11/h1-5H2,(H2,9,14)(H,13,15)(H4,10,11,12). The van der Waals surface area contributed by atoms with Crippen LogP contribution < -0.4 is 22.5 Å². The molecule has 0 aliphatic heterocycles. The molecule has 0 saturated carbocycles. The third-order valence-corrected chi connectivity index (χ3v) is 1.57. The summed E-state index contributed by atoms with van der Waals surface area (Å²) >= 11 is 0. The molecule has 0 rings (SSSR count). The lowest BCUT2D eigenvalue weighted by Gasteiger charge is -2.01. The summed E-state index contributed by atoms with van der Waals surface area (Å²) in [5.74, 6) is -0.699. The fraction of sp³-hybridized carbons (Fsp3) is 0.625. The van der Waals surface area contributed by atoms with Crippen LogP contribution in [0.15, 0.2) is 4.99 Å². The van der Waals surface area contributed by atoms with E-state index in [1.807, 2.05) is 0 Å². The largest absolute Gasteiger partial charge is 0.370 e. The summed E-state index contributed by atoms with van der Waals surface area (Å²) in [5.41, 5.74) is 15.1. The Morgan fingerprint density at radius 3 is 2.33 bits per heavy atom. The molecule has 0 aromatic rings. The molecule has 0 bridgehead atoms. The second-order valence-corrected chi connectivity index (χ2v) is 3.01. The van der Waals surface area contributed by atoms with E-state index in [0.29, 0.717) is 19.4 Å². The van der Waals surface area contributed by atoms with Crippen LogP contribution in [0, 0.1) is 0 Å². The molecule has 7 N–H and O–H groups in total. The van der Waals surface area contributed by atoms with E-state index in [2.05, 4.69) is 10.3 Å². The maximum absolute atomic E-state index is 11.0. The van der Waals surface area contributed by atoms with Crippen molar-refractivity contribution in [3.8, 4) is 0 Å². The summed E-state index contributed by atoms with van der Waals surface area (Å²) in [4.78, 5) is 25.1. The number of nitrogens with two attached hydrogens (primary N) is 3. The van der Waals surface area contributed by atoms with E-state index >= 15 is 0 Å². The number of carbonyl (C=O) groups is 2. The number of amides is 2. The van der Waals surface area contributed by atoms with Gasteiger partial charge in [0.1, 0.15) is 0 Å². The minimum atomic E-state index is -0.552. The van der Waals surface area contributed by atoms with Crippen LogP contribution >= 0.6 is 0 Å². The first-order valence-electron chi connectivity index (χ1n) is 4.62. The zero-order valence-electron chi connectivity index (χ0n) is 8.53. The number of carbonyl (C=O) groups excluding carboxylic acids is 2. The van der Waals surface area contributed by atoms with Gasteiger partial charge in [-0.2, -0.15) is 0 Å². The van der Waals surface area contributed by atoms with Crippen molar-refractivity contribution >= 4 is 17.8 Å². The van der Waals surface area contributed by atoms with Gasteiger partial charge in [0.2, 0.25) is 11.8 Å². The number of aliphatic imine (C=N–C) groups is 1. The zero-order valence-corrected chi connectivity index (χ0v) is 8.53. The summed E-state index contributed by atoms with van der Waals surface area (Å²) in [6.07, 6.45) is 1.73. The third kappa shape index (κ3) is 10.1. The molecule has 2 amide bonds. The highest BCUT2D eigenvalue weighted by Gasteiger charge is 2.01. The van der Waals surface area contributed by atoms with Crippen molar-refractivity contribution in [2.75, 3.05) is 13.1 Å². The van der Waals surface area contributed by atoms with Gasteiger partial charge in [-0.25, -0.2) is 0 Å². The molecule has 0 heterocycles. The first-order chi connectivity index (χ1) is 7.02. The minimum Gasteiger partial charge on any atom is -0.370 e. The van der Waals surface area contributed by atoms with Gasteiger partial charge in [-0.1, -0.05) is 0 Å². The van der Waals surface area contributed by atoms with Crippen molar-refractivity contribution in [2.45, 2.75) is 19.3 Å². The molecule has 0 spiro atoms. The lowest BCUT2D eigenvalue weighted by atomic mass is 10.2. The summed E-state index contributed by atoms with van der Waals surface area (Å²) in [6.45, 7) is 0.387. The predicted molar refractivity (Wildman–Crippen MR) is 56.7 cm³/mol. The number of rotatable bonds is 7. The molecule has 0 atom stereocenters. The molecule has 0 aliphatic carbocycles. The van der Waals surface area contributed by atoms with E-state index in [9.17, 15) is 9.59 Å². The second-order valence-electron chi connectivity index (χ2n) is 3.01. The number of primary amides is 1. The minimum absolute atomic E-state index is 0.0492. The van der Waals surface area contributed by atoms with E-state index in [-0.39, 0.29) is 18.4 Å². The fourth-order valence-corrected chi connectivity index (χ4v) is 0.880. The highest BCUT2D eigenvalue weighted by molar-refractivity contribution is 5.83. The van der Waals surface area contributed by atoms with Gasteiger partial charge in [-0.05, 0) is 12.8 Å². The molecule has 15 heavy (non-hydrogen) atoms. The first-order valence-corrected chi connectivity index (χ1v) is 4.62. The van der Waals surface area contributed by atoms with E-state index in [1.54, 1.807) is 0 Å². The van der Waals surface area contributed by atoms with Crippen molar-refractivity contribution < 1.29 is 9.59 Å². The molecular formula is C8H17N5O2. The van der Waals surface area contributed by atoms with Crippen LogP contribution in [-0.2, 0) is 9.59 Å². The molecule has 0 aromatic carbocycles. The Labute approximate surface area is 88.1 Å². The van der Waals surface area contributed by atoms with Gasteiger partial charge in [0.15, 0.2) is 5.96 Å². The number of unbranched alkanes of at least 4 members (excludes halogenated alkanes) is 1. The topological polar surface area (TPSA) is 137 Å². The van der Waals surface area contributed by atoms with Gasteiger partial charge >= 0.3 is 0 Å². The molecular weight excluding hydrogens is 198 g/mol. The van der Waals surface area contributed by atoms with Crippen molar-refractivity contribution in [3.63, 3.8) is 0 Å². The van der Waals surface area contributed by atoms with Crippen LogP contribution in [0.25, 0.3) is 0 Å². The number of guanidine groups is 1. The SMILES string of the molecule is NC(=O)CNC(=O)CCCCN=C(N)N. The summed E-state index contributed by atoms with van der Waals surface area (Å²) in [6, 6.07) is 0. The fourth-order valence-electron chi connectivity index (χ4n) is 0.880. The molecule has 0 aromatic heterocycles. The van der Waals surface area contributed by atoms with Gasteiger partial charge < -0.3 is 22.5 Å². The lowest BCUT2D eigenvalue weighted by molar-refractivity contribution is -0.124. The number of nitrogens with zero attached hydrogens (tertiary/aromatic N) is 1. The maximum atomic E-state index is 11.0. The maximum Gasteiger partial charge on any atom is 0.236 e. The number of nitrogens with one attached hydrogen (secondary N) is 1. The summed E-state index contributed by atoms with van der Waals surface area (Å²) in [7, 11) is 0. The van der Waals surface area contributed by atoms with Gasteiger partial charge in [0.05, 0.1) is 6.54 Å². The Hall–Kier alpha value is -1.79. The molecule has 86 valence electrons. The smallest absolute Gasteiger partial charge is 0.236 e. The summed E-state index contributed by atoms with van der Waals surface area (Å²) < 4.78 is 0. The molecule has 7 nitrogen and oxygen atoms in total. The Balaban J connectivity index is 3.39. The van der Waals surface area contributed by atoms with Crippen LogP contribution in [0.1, 0.15) is 19.3 Å². The van der Waals surface area contributed by atoms with E-state index in [4.69, 9.17) is 17.2 Å². The molecule has 7 heteroatoms. The Morgan fingerprint density at radius 1 is 1.13 bits per heavy atom. The lowest BCUT2D eigenvalue weighted by Crippen LogP contribution is -2.33. The monoisotopic (exact) mass is 215 g/mol. The molecule has 0 aliphatic rings. The zero-order chi connectivity index (χ0) is 11.7. The van der Waals surface area contributed by atoms with Crippen LogP contribution in [0.4, 0.5) is 0 Å². The first kappa shape index (κ1) is 13.2. The average molecular weight is 215 g/mol. The Morgan fingerprint density at radius 2 is 1.80 bits per heavy atom. The van der Waals surface area contributed by atoms with Crippen molar-refractivity contribution in [1.82, 2.24) is 5.32 Å². The van der Waals surface area contributed by atoms with Crippen LogP contribution in [-0.4, -0.2) is 30.9 Å². The summed E-state index contributed by atoms with van der Waals surface area (Å²) in [5, 5.41) is 2.38. The van der Waals surface area contributed by atoms with Gasteiger partial charge in [0, 0.05) is 13.0 Å². The normalized spacial score (nSPS) is 9.33. The molecule has 0 saturated heterocycles. The van der Waals surface area contributed by atoms with Crippen molar-refractivity contribution in [1.29, 1.82) is 0 Å². The van der Waals surface area contributed by atoms with Crippen LogP contribution in [0.2, 0.25) is 0 Å². The van der Waals surface area contributed by atoms with Crippen molar-refractivity contribution in [2.24, 2.45) is 22.2 Å². The van der Waals surface area contributed by atoms with Crippen molar-refractivity contribution in [3.05, 3.63) is 0 Å². The molecule has 0 radical (unpaired) electrons. The van der Waals surface area contributed by atoms with E-state index in [0.717, 1.165) is 6.42 Å². The number of hydrogen-bond donors (Lipinski definition) is 4. The van der Waals surface area contributed by atoms with Crippen LogP contribution in [0.3, 0.4) is 0 Å². The quantitative estimate of drug-likeness (QED) is 0.222. The van der Waals surface area contributed by atoms with E-state index in [1.165, 1.54) is 0 Å². The van der Waals surface area contributed by atoms with E-state index < -0.39 is 5.91 Å². The third-order valence-electron chi connectivity index (χ3n) is 1.57. The number of hydrogen-bond acceptors (Lipinski definition) is 3. The van der Waals surface area contributed by atoms with Gasteiger partial charge in [0.25, 0.3) is 0 Å². The predicted octanol–water partition coefficient (Wildman–Crippen LogP) is -1.97.